The fraction of sp³-hybridized carbons (Fsp3) is 0.520. The molecule has 3 aliphatic rings. The number of likely N-dealkylation sites (tertiary alicyclic amines) is 1. The lowest BCUT2D eigenvalue weighted by Gasteiger charge is -2.34. The quantitative estimate of drug-likeness (QED) is 0.795. The molecule has 1 unspecified atom stereocenters. The highest BCUT2D eigenvalue weighted by molar-refractivity contribution is 5.79. The molecule has 1 aromatic heterocycles. The van der Waals surface area contributed by atoms with E-state index in [0.29, 0.717) is 5.91 Å². The molecular weight excluding hydrogens is 358 g/mol. The zero-order chi connectivity index (χ0) is 19.7. The van der Waals surface area contributed by atoms with Gasteiger partial charge < -0.3 is 4.90 Å². The van der Waals surface area contributed by atoms with Gasteiger partial charge in [0.25, 0.3) is 0 Å². The smallest absolute Gasteiger partial charge is 0.225 e. The summed E-state index contributed by atoms with van der Waals surface area (Å²) in [6, 6.07) is 14.9. The summed E-state index contributed by atoms with van der Waals surface area (Å²) in [6.45, 7) is 4.72. The van der Waals surface area contributed by atoms with Crippen molar-refractivity contribution in [3.63, 3.8) is 0 Å². The van der Waals surface area contributed by atoms with Crippen molar-refractivity contribution in [1.82, 2.24) is 14.8 Å². The number of aromatic nitrogens is 1. The first-order chi connectivity index (χ1) is 14.2. The van der Waals surface area contributed by atoms with Crippen molar-refractivity contribution in [2.45, 2.75) is 51.6 Å². The van der Waals surface area contributed by atoms with Gasteiger partial charge in [-0.25, -0.2) is 0 Å². The van der Waals surface area contributed by atoms with Crippen LogP contribution in [0.1, 0.15) is 48.9 Å². The van der Waals surface area contributed by atoms with Gasteiger partial charge in [-0.05, 0) is 55.5 Å². The monoisotopic (exact) mass is 389 g/mol. The molecule has 1 aliphatic carbocycles. The summed E-state index contributed by atoms with van der Waals surface area (Å²) < 4.78 is 0. The van der Waals surface area contributed by atoms with Gasteiger partial charge in [0.05, 0.1) is 5.69 Å². The Morgan fingerprint density at radius 2 is 1.83 bits per heavy atom. The maximum absolute atomic E-state index is 13.4. The van der Waals surface area contributed by atoms with Gasteiger partial charge in [-0.15, -0.1) is 0 Å². The average molecular weight is 390 g/mol. The third kappa shape index (κ3) is 3.95. The molecule has 1 atom stereocenters. The molecule has 1 saturated carbocycles. The molecule has 152 valence electrons. The number of amides is 1. The highest BCUT2D eigenvalue weighted by atomic mass is 16.2. The first-order valence-electron chi connectivity index (χ1n) is 11.2. The van der Waals surface area contributed by atoms with E-state index in [1.165, 1.54) is 24.0 Å². The van der Waals surface area contributed by atoms with Crippen molar-refractivity contribution in [2.24, 2.45) is 11.3 Å². The molecule has 0 bridgehead atoms. The lowest BCUT2D eigenvalue weighted by atomic mass is 9.80. The lowest BCUT2D eigenvalue weighted by Crippen LogP contribution is -2.43. The molecule has 3 heterocycles. The van der Waals surface area contributed by atoms with Crippen LogP contribution in [0, 0.1) is 11.3 Å². The summed E-state index contributed by atoms with van der Waals surface area (Å²) in [7, 11) is 0. The summed E-state index contributed by atoms with van der Waals surface area (Å²) in [6.07, 6.45) is 8.70. The number of pyridine rings is 1. The second kappa shape index (κ2) is 7.91. The van der Waals surface area contributed by atoms with Crippen molar-refractivity contribution in [2.75, 3.05) is 19.6 Å². The van der Waals surface area contributed by atoms with E-state index >= 15 is 0 Å². The second-order valence-electron chi connectivity index (χ2n) is 9.40. The molecule has 2 aliphatic heterocycles. The van der Waals surface area contributed by atoms with Crippen LogP contribution < -0.4 is 0 Å². The molecular formula is C25H31N3O. The summed E-state index contributed by atoms with van der Waals surface area (Å²) >= 11 is 0. The minimum absolute atomic E-state index is 0.162. The fourth-order valence-corrected chi connectivity index (χ4v) is 5.75. The van der Waals surface area contributed by atoms with E-state index in [-0.39, 0.29) is 11.3 Å². The molecule has 0 radical (unpaired) electrons. The van der Waals surface area contributed by atoms with Crippen LogP contribution in [0.15, 0.2) is 48.7 Å². The first kappa shape index (κ1) is 18.8. The zero-order valence-corrected chi connectivity index (χ0v) is 17.2. The Labute approximate surface area is 173 Å². The molecule has 2 aromatic rings. The van der Waals surface area contributed by atoms with Crippen LogP contribution in [0.2, 0.25) is 0 Å². The Bertz CT molecular complexity index is 861. The van der Waals surface area contributed by atoms with Gasteiger partial charge in [-0.3, -0.25) is 14.7 Å². The van der Waals surface area contributed by atoms with Crippen LogP contribution in [0.5, 0.6) is 0 Å². The van der Waals surface area contributed by atoms with Crippen molar-refractivity contribution in [3.8, 4) is 0 Å². The summed E-state index contributed by atoms with van der Waals surface area (Å²) in [4.78, 5) is 22.6. The van der Waals surface area contributed by atoms with Crippen molar-refractivity contribution < 1.29 is 4.79 Å². The van der Waals surface area contributed by atoms with Crippen molar-refractivity contribution in [3.05, 3.63) is 65.5 Å². The summed E-state index contributed by atoms with van der Waals surface area (Å²) in [5.41, 5.74) is 4.08. The molecule has 1 saturated heterocycles. The van der Waals surface area contributed by atoms with E-state index in [0.717, 1.165) is 64.1 Å². The Kier molecular flexibility index (Phi) is 5.13. The van der Waals surface area contributed by atoms with Crippen LogP contribution in [-0.4, -0.2) is 40.3 Å². The van der Waals surface area contributed by atoms with E-state index in [2.05, 4.69) is 51.2 Å². The number of hydrogen-bond acceptors (Lipinski definition) is 3. The van der Waals surface area contributed by atoms with Gasteiger partial charge in [-0.1, -0.05) is 43.2 Å². The van der Waals surface area contributed by atoms with Gasteiger partial charge in [0.2, 0.25) is 5.91 Å². The highest BCUT2D eigenvalue weighted by Crippen LogP contribution is 2.40. The number of benzene rings is 1. The van der Waals surface area contributed by atoms with Crippen LogP contribution in [0.25, 0.3) is 0 Å². The molecule has 2 fully saturated rings. The molecule has 1 amide bonds. The third-order valence-electron chi connectivity index (χ3n) is 7.22. The van der Waals surface area contributed by atoms with Crippen LogP contribution in [0.4, 0.5) is 0 Å². The normalized spacial score (nSPS) is 25.3. The van der Waals surface area contributed by atoms with E-state index in [9.17, 15) is 4.79 Å². The number of hydrogen-bond donors (Lipinski definition) is 0. The van der Waals surface area contributed by atoms with Crippen molar-refractivity contribution >= 4 is 5.91 Å². The lowest BCUT2D eigenvalue weighted by molar-refractivity contribution is -0.137. The van der Waals surface area contributed by atoms with Gasteiger partial charge in [0.1, 0.15) is 0 Å². The minimum atomic E-state index is 0.162. The second-order valence-corrected chi connectivity index (χ2v) is 9.40. The standard InChI is InChI=1S/C25H31N3O/c29-24(20-7-1-2-8-20)28-16-22-10-4-3-9-21(22)15-25(19-28)12-14-27(18-25)17-23-11-5-6-13-26-23/h3-6,9-11,13,20H,1-2,7-8,12,14-19H2. The average Bonchev–Trinajstić information content (AvgIpc) is 3.36. The number of carbonyl (C=O) groups is 1. The predicted octanol–water partition coefficient (Wildman–Crippen LogP) is 4.05. The Hall–Kier alpha value is -2.20. The molecule has 29 heavy (non-hydrogen) atoms. The summed E-state index contributed by atoms with van der Waals surface area (Å²) in [5, 5.41) is 0. The topological polar surface area (TPSA) is 36.4 Å². The van der Waals surface area contributed by atoms with Gasteiger partial charge >= 0.3 is 0 Å². The van der Waals surface area contributed by atoms with Gasteiger partial charge in [0, 0.05) is 43.7 Å². The van der Waals surface area contributed by atoms with Crippen LogP contribution in [0.3, 0.4) is 0 Å². The molecule has 4 nitrogen and oxygen atoms in total. The number of nitrogens with zero attached hydrogens (tertiary/aromatic N) is 3. The maximum Gasteiger partial charge on any atom is 0.225 e. The molecule has 0 N–H and O–H groups in total. The summed E-state index contributed by atoms with van der Waals surface area (Å²) in [5.74, 6) is 0.657. The van der Waals surface area contributed by atoms with E-state index < -0.39 is 0 Å². The first-order valence-corrected chi connectivity index (χ1v) is 11.2. The fourth-order valence-electron chi connectivity index (χ4n) is 5.75. The van der Waals surface area contributed by atoms with Gasteiger partial charge in [-0.2, -0.15) is 0 Å². The molecule has 5 rings (SSSR count). The Morgan fingerprint density at radius 1 is 1.03 bits per heavy atom. The minimum Gasteiger partial charge on any atom is -0.338 e. The molecule has 1 aromatic carbocycles. The SMILES string of the molecule is O=C(C1CCCC1)N1Cc2ccccc2CC2(CCN(Cc3ccccn3)C2)C1. The van der Waals surface area contributed by atoms with E-state index in [4.69, 9.17) is 0 Å². The van der Waals surface area contributed by atoms with Crippen LogP contribution in [-0.2, 0) is 24.3 Å². The number of rotatable bonds is 3. The van der Waals surface area contributed by atoms with Crippen molar-refractivity contribution in [1.29, 1.82) is 0 Å². The molecule has 1 spiro atoms. The Morgan fingerprint density at radius 3 is 2.62 bits per heavy atom. The van der Waals surface area contributed by atoms with Gasteiger partial charge in [0.15, 0.2) is 0 Å². The number of fused-ring (bicyclic) bond motifs is 1. The number of carbonyl (C=O) groups excluding carboxylic acids is 1. The largest absolute Gasteiger partial charge is 0.338 e. The van der Waals surface area contributed by atoms with E-state index in [1.54, 1.807) is 0 Å². The highest BCUT2D eigenvalue weighted by Gasteiger charge is 2.43. The third-order valence-corrected chi connectivity index (χ3v) is 7.22. The zero-order valence-electron chi connectivity index (χ0n) is 17.2. The predicted molar refractivity (Wildman–Crippen MR) is 114 cm³/mol. The maximum atomic E-state index is 13.4. The Balaban J connectivity index is 1.39. The van der Waals surface area contributed by atoms with Crippen LogP contribution >= 0.6 is 0 Å². The van der Waals surface area contributed by atoms with E-state index in [1.807, 2.05) is 12.3 Å². The molecule has 4 heteroatoms.